The maximum atomic E-state index is 13.9. The molecule has 1 aromatic carbocycles. The molecule has 1 saturated heterocycles. The topological polar surface area (TPSA) is 69.9 Å². The normalized spacial score (nSPS) is 14.9. The molecule has 3 heterocycles. The number of carbonyl (C=O) groups is 2. The molecule has 1 aliphatic heterocycles. The summed E-state index contributed by atoms with van der Waals surface area (Å²) in [5.41, 5.74) is 0.652. The summed E-state index contributed by atoms with van der Waals surface area (Å²) in [6, 6.07) is 11.2. The summed E-state index contributed by atoms with van der Waals surface area (Å²) < 4.78 is 15.5. The van der Waals surface area contributed by atoms with Crippen LogP contribution in [0.25, 0.3) is 5.52 Å². The van der Waals surface area contributed by atoms with E-state index in [9.17, 15) is 14.0 Å². The number of fused-ring (bicyclic) bond motifs is 1. The Labute approximate surface area is 167 Å². The highest BCUT2D eigenvalue weighted by Crippen LogP contribution is 2.19. The minimum atomic E-state index is -0.561. The fourth-order valence-electron chi connectivity index (χ4n) is 3.51. The standard InChI is InChI=1S/C21H22FN5O2/c1-2-25-11-13-26(14-12-25)21(29)19-24-18(17-9-5-6-10-27(17)19)20(28)23-16-8-4-3-7-15(16)22/h3-10H,2,11-14H2,1H3,(H,23,28). The van der Waals surface area contributed by atoms with Crippen LogP contribution in [0.3, 0.4) is 0 Å². The first-order valence-corrected chi connectivity index (χ1v) is 9.63. The van der Waals surface area contributed by atoms with Gasteiger partial charge in [0.2, 0.25) is 5.82 Å². The second kappa shape index (κ2) is 8.00. The average molecular weight is 395 g/mol. The molecule has 8 heteroatoms. The van der Waals surface area contributed by atoms with Gasteiger partial charge in [0.05, 0.1) is 11.2 Å². The van der Waals surface area contributed by atoms with Crippen LogP contribution in [0, 0.1) is 5.82 Å². The lowest BCUT2D eigenvalue weighted by atomic mass is 10.2. The molecule has 7 nitrogen and oxygen atoms in total. The van der Waals surface area contributed by atoms with Crippen molar-refractivity contribution in [1.82, 2.24) is 19.2 Å². The summed E-state index contributed by atoms with van der Waals surface area (Å²) >= 11 is 0. The number of amides is 2. The Morgan fingerprint density at radius 2 is 1.79 bits per heavy atom. The molecule has 1 aliphatic rings. The number of nitrogens with zero attached hydrogens (tertiary/aromatic N) is 4. The number of imidazole rings is 1. The monoisotopic (exact) mass is 395 g/mol. The highest BCUT2D eigenvalue weighted by atomic mass is 19.1. The number of hydrogen-bond donors (Lipinski definition) is 1. The maximum absolute atomic E-state index is 13.9. The highest BCUT2D eigenvalue weighted by Gasteiger charge is 2.27. The van der Waals surface area contributed by atoms with Crippen LogP contribution in [-0.4, -0.2) is 63.7 Å². The van der Waals surface area contributed by atoms with Gasteiger partial charge in [-0.2, -0.15) is 0 Å². The molecule has 0 unspecified atom stereocenters. The van der Waals surface area contributed by atoms with E-state index < -0.39 is 11.7 Å². The zero-order valence-electron chi connectivity index (χ0n) is 16.1. The van der Waals surface area contributed by atoms with Crippen LogP contribution in [0.4, 0.5) is 10.1 Å². The summed E-state index contributed by atoms with van der Waals surface area (Å²) in [5, 5.41) is 2.54. The van der Waals surface area contributed by atoms with Crippen molar-refractivity contribution >= 4 is 23.0 Å². The number of pyridine rings is 1. The van der Waals surface area contributed by atoms with Crippen LogP contribution in [0.15, 0.2) is 48.7 Å². The quantitative estimate of drug-likeness (QED) is 0.737. The minimum absolute atomic E-state index is 0.0677. The van der Waals surface area contributed by atoms with E-state index in [1.165, 1.54) is 12.1 Å². The molecule has 0 radical (unpaired) electrons. The molecule has 0 aliphatic carbocycles. The number of hydrogen-bond acceptors (Lipinski definition) is 4. The van der Waals surface area contributed by atoms with Crippen molar-refractivity contribution in [2.45, 2.75) is 6.92 Å². The fourth-order valence-corrected chi connectivity index (χ4v) is 3.51. The molecule has 3 aromatic rings. The average Bonchev–Trinajstić information content (AvgIpc) is 3.15. The predicted octanol–water partition coefficient (Wildman–Crippen LogP) is 2.50. The number of rotatable bonds is 4. The van der Waals surface area contributed by atoms with Gasteiger partial charge in [-0.15, -0.1) is 0 Å². The smallest absolute Gasteiger partial charge is 0.290 e. The molecule has 2 amide bonds. The minimum Gasteiger partial charge on any atom is -0.333 e. The number of carbonyl (C=O) groups excluding carboxylic acids is 2. The van der Waals surface area contributed by atoms with E-state index in [2.05, 4.69) is 22.1 Å². The lowest BCUT2D eigenvalue weighted by molar-refractivity contribution is 0.0630. The van der Waals surface area contributed by atoms with Gasteiger partial charge in [-0.05, 0) is 30.8 Å². The largest absolute Gasteiger partial charge is 0.333 e. The molecule has 0 spiro atoms. The molecule has 0 atom stereocenters. The molecule has 4 rings (SSSR count). The van der Waals surface area contributed by atoms with Crippen molar-refractivity contribution in [3.63, 3.8) is 0 Å². The van der Waals surface area contributed by atoms with Crippen molar-refractivity contribution in [3.05, 3.63) is 66.0 Å². The number of likely N-dealkylation sites (N-methyl/N-ethyl adjacent to an activating group) is 1. The van der Waals surface area contributed by atoms with Gasteiger partial charge in [0, 0.05) is 32.4 Å². The maximum Gasteiger partial charge on any atom is 0.290 e. The number of halogens is 1. The van der Waals surface area contributed by atoms with E-state index in [1.54, 1.807) is 45.8 Å². The summed E-state index contributed by atoms with van der Waals surface area (Å²) in [5.74, 6) is -1.13. The van der Waals surface area contributed by atoms with Crippen molar-refractivity contribution in [1.29, 1.82) is 0 Å². The third-order valence-corrected chi connectivity index (χ3v) is 5.18. The Hall–Kier alpha value is -3.26. The number of benzene rings is 1. The lowest BCUT2D eigenvalue weighted by Crippen LogP contribution is -2.48. The van der Waals surface area contributed by atoms with Gasteiger partial charge >= 0.3 is 0 Å². The zero-order chi connectivity index (χ0) is 20.4. The zero-order valence-corrected chi connectivity index (χ0v) is 16.1. The first-order chi connectivity index (χ1) is 14.1. The van der Waals surface area contributed by atoms with Gasteiger partial charge in [0.25, 0.3) is 11.8 Å². The third kappa shape index (κ3) is 3.71. The van der Waals surface area contributed by atoms with Crippen LogP contribution in [0.2, 0.25) is 0 Å². The van der Waals surface area contributed by atoms with Crippen molar-refractivity contribution in [2.75, 3.05) is 38.0 Å². The van der Waals surface area contributed by atoms with Crippen LogP contribution < -0.4 is 5.32 Å². The molecule has 29 heavy (non-hydrogen) atoms. The Bertz CT molecular complexity index is 1060. The van der Waals surface area contributed by atoms with E-state index in [1.807, 2.05) is 0 Å². The predicted molar refractivity (Wildman–Crippen MR) is 108 cm³/mol. The Kier molecular flexibility index (Phi) is 5.26. The molecule has 2 aromatic heterocycles. The second-order valence-electron chi connectivity index (χ2n) is 6.90. The lowest BCUT2D eigenvalue weighted by Gasteiger charge is -2.33. The summed E-state index contributed by atoms with van der Waals surface area (Å²) in [6.45, 7) is 5.91. The van der Waals surface area contributed by atoms with Crippen molar-refractivity contribution < 1.29 is 14.0 Å². The van der Waals surface area contributed by atoms with Gasteiger partial charge in [-0.1, -0.05) is 25.1 Å². The van der Waals surface area contributed by atoms with E-state index in [0.717, 1.165) is 19.6 Å². The van der Waals surface area contributed by atoms with E-state index >= 15 is 0 Å². The van der Waals surface area contributed by atoms with Gasteiger partial charge in [-0.25, -0.2) is 9.37 Å². The van der Waals surface area contributed by atoms with Gasteiger partial charge in [-0.3, -0.25) is 14.0 Å². The van der Waals surface area contributed by atoms with Crippen LogP contribution in [0.5, 0.6) is 0 Å². The first kappa shape index (κ1) is 19.1. The van der Waals surface area contributed by atoms with Gasteiger partial charge in [0.15, 0.2) is 5.69 Å². The summed E-state index contributed by atoms with van der Waals surface area (Å²) in [7, 11) is 0. The molecular weight excluding hydrogens is 373 g/mol. The summed E-state index contributed by atoms with van der Waals surface area (Å²) in [4.78, 5) is 34.3. The molecule has 0 bridgehead atoms. The van der Waals surface area contributed by atoms with E-state index in [-0.39, 0.29) is 23.1 Å². The van der Waals surface area contributed by atoms with Crippen LogP contribution >= 0.6 is 0 Å². The Morgan fingerprint density at radius 1 is 1.07 bits per heavy atom. The number of piperazine rings is 1. The van der Waals surface area contributed by atoms with E-state index in [0.29, 0.717) is 18.6 Å². The number of anilines is 1. The Morgan fingerprint density at radius 3 is 2.52 bits per heavy atom. The van der Waals surface area contributed by atoms with E-state index in [4.69, 9.17) is 0 Å². The van der Waals surface area contributed by atoms with Gasteiger partial charge < -0.3 is 15.1 Å². The van der Waals surface area contributed by atoms with Crippen molar-refractivity contribution in [3.8, 4) is 0 Å². The SMILES string of the molecule is CCN1CCN(C(=O)c2nc(C(=O)Nc3ccccc3F)c3ccccn23)CC1. The number of nitrogens with one attached hydrogen (secondary N) is 1. The summed E-state index contributed by atoms with van der Waals surface area (Å²) in [6.07, 6.45) is 1.71. The molecular formula is C21H22FN5O2. The van der Waals surface area contributed by atoms with Crippen LogP contribution in [0.1, 0.15) is 28.0 Å². The molecule has 0 saturated carbocycles. The van der Waals surface area contributed by atoms with Gasteiger partial charge in [0.1, 0.15) is 5.82 Å². The fraction of sp³-hybridized carbons (Fsp3) is 0.286. The molecule has 1 N–H and O–H groups in total. The second-order valence-corrected chi connectivity index (χ2v) is 6.90. The van der Waals surface area contributed by atoms with Crippen LogP contribution in [-0.2, 0) is 0 Å². The number of para-hydroxylation sites is 1. The Balaban J connectivity index is 1.64. The highest BCUT2D eigenvalue weighted by molar-refractivity contribution is 6.09. The third-order valence-electron chi connectivity index (χ3n) is 5.18. The molecule has 1 fully saturated rings. The number of aromatic nitrogens is 2. The first-order valence-electron chi connectivity index (χ1n) is 9.63. The molecule has 150 valence electrons. The van der Waals surface area contributed by atoms with Crippen molar-refractivity contribution in [2.24, 2.45) is 0 Å².